The second-order valence-electron chi connectivity index (χ2n) is 3.97. The molecule has 1 N–H and O–H groups in total. The van der Waals surface area contributed by atoms with Crippen LogP contribution in [-0.4, -0.2) is 19.5 Å². The van der Waals surface area contributed by atoms with Gasteiger partial charge >= 0.3 is 0 Å². The molecule has 18 heavy (non-hydrogen) atoms. The van der Waals surface area contributed by atoms with Gasteiger partial charge in [-0.3, -0.25) is 4.57 Å². The number of rotatable bonds is 2. The van der Waals surface area contributed by atoms with E-state index in [0.717, 1.165) is 27.9 Å². The summed E-state index contributed by atoms with van der Waals surface area (Å²) in [4.78, 5) is 11.7. The van der Waals surface area contributed by atoms with Crippen LogP contribution < -0.4 is 0 Å². The van der Waals surface area contributed by atoms with Crippen molar-refractivity contribution in [3.8, 4) is 17.2 Å². The van der Waals surface area contributed by atoms with E-state index in [1.54, 1.807) is 12.5 Å². The fraction of sp³-hybridized carbons (Fsp3) is 0.0769. The molecule has 2 heterocycles. The lowest BCUT2D eigenvalue weighted by atomic mass is 10.3. The zero-order valence-corrected chi connectivity index (χ0v) is 10.5. The molecular weight excluding hydrogens is 248 g/mol. The van der Waals surface area contributed by atoms with E-state index >= 15 is 0 Å². The number of hydrogen-bond donors (Lipinski definition) is 1. The molecule has 0 amide bonds. The van der Waals surface area contributed by atoms with Gasteiger partial charge in [-0.15, -0.1) is 0 Å². The molecule has 0 radical (unpaired) electrons. The monoisotopic (exact) mass is 258 g/mol. The Morgan fingerprint density at radius 2 is 1.94 bits per heavy atom. The van der Waals surface area contributed by atoms with E-state index in [1.807, 2.05) is 42.0 Å². The van der Waals surface area contributed by atoms with Crippen molar-refractivity contribution in [3.63, 3.8) is 0 Å². The molecular formula is C13H11ClN4. The van der Waals surface area contributed by atoms with Gasteiger partial charge in [0.15, 0.2) is 5.82 Å². The van der Waals surface area contributed by atoms with Crippen molar-refractivity contribution in [2.24, 2.45) is 0 Å². The molecule has 90 valence electrons. The minimum Gasteiger partial charge on any atom is -0.348 e. The maximum Gasteiger partial charge on any atom is 0.165 e. The van der Waals surface area contributed by atoms with Gasteiger partial charge < -0.3 is 4.98 Å². The normalized spacial score (nSPS) is 10.8. The van der Waals surface area contributed by atoms with Crippen LogP contribution in [0.1, 0.15) is 5.69 Å². The summed E-state index contributed by atoms with van der Waals surface area (Å²) in [5.41, 5.74) is 2.86. The number of aromatic amines is 1. The highest BCUT2D eigenvalue weighted by atomic mass is 35.5. The van der Waals surface area contributed by atoms with Gasteiger partial charge in [0.25, 0.3) is 0 Å². The molecule has 0 atom stereocenters. The Hall–Kier alpha value is -2.07. The van der Waals surface area contributed by atoms with Crippen molar-refractivity contribution < 1.29 is 0 Å². The van der Waals surface area contributed by atoms with Gasteiger partial charge in [0.1, 0.15) is 5.69 Å². The summed E-state index contributed by atoms with van der Waals surface area (Å²) >= 11 is 5.90. The summed E-state index contributed by atoms with van der Waals surface area (Å²) in [6, 6.07) is 7.63. The first kappa shape index (κ1) is 11.0. The van der Waals surface area contributed by atoms with Crippen LogP contribution in [0.15, 0.2) is 43.0 Å². The average Bonchev–Trinajstić information content (AvgIpc) is 2.98. The molecule has 5 heteroatoms. The Kier molecular flexibility index (Phi) is 2.64. The maximum absolute atomic E-state index is 5.90. The molecule has 2 aromatic heterocycles. The fourth-order valence-electron chi connectivity index (χ4n) is 1.87. The van der Waals surface area contributed by atoms with Crippen LogP contribution in [0.25, 0.3) is 17.2 Å². The summed E-state index contributed by atoms with van der Waals surface area (Å²) in [5.74, 6) is 0.816. The first-order valence-electron chi connectivity index (χ1n) is 5.55. The third-order valence-corrected chi connectivity index (χ3v) is 3.04. The number of nitrogens with one attached hydrogen (secondary N) is 1. The lowest BCUT2D eigenvalue weighted by molar-refractivity contribution is 1.05. The molecule has 0 bridgehead atoms. The van der Waals surface area contributed by atoms with Gasteiger partial charge in [-0.1, -0.05) is 11.6 Å². The molecule has 3 aromatic rings. The van der Waals surface area contributed by atoms with Gasteiger partial charge in [0.2, 0.25) is 0 Å². The quantitative estimate of drug-likeness (QED) is 0.767. The summed E-state index contributed by atoms with van der Waals surface area (Å²) in [7, 11) is 0. The topological polar surface area (TPSA) is 46.5 Å². The highest BCUT2D eigenvalue weighted by Gasteiger charge is 2.12. The van der Waals surface area contributed by atoms with E-state index in [2.05, 4.69) is 15.0 Å². The van der Waals surface area contributed by atoms with Crippen LogP contribution in [0.2, 0.25) is 5.02 Å². The third kappa shape index (κ3) is 1.80. The smallest absolute Gasteiger partial charge is 0.165 e. The molecule has 0 unspecified atom stereocenters. The zero-order valence-electron chi connectivity index (χ0n) is 9.76. The number of aryl methyl sites for hydroxylation is 1. The van der Waals surface area contributed by atoms with Gasteiger partial charge in [-0.05, 0) is 31.2 Å². The second-order valence-corrected chi connectivity index (χ2v) is 4.41. The number of imidazole rings is 2. The second kappa shape index (κ2) is 4.31. The molecule has 0 fully saturated rings. The largest absolute Gasteiger partial charge is 0.348 e. The third-order valence-electron chi connectivity index (χ3n) is 2.79. The van der Waals surface area contributed by atoms with Crippen molar-refractivity contribution >= 4 is 11.6 Å². The average molecular weight is 259 g/mol. The Bertz CT molecular complexity index is 666. The van der Waals surface area contributed by atoms with Crippen LogP contribution in [0.3, 0.4) is 0 Å². The van der Waals surface area contributed by atoms with Crippen LogP contribution in [0, 0.1) is 6.92 Å². The number of nitrogens with zero attached hydrogens (tertiary/aromatic N) is 3. The Morgan fingerprint density at radius 1 is 1.17 bits per heavy atom. The molecule has 0 saturated carbocycles. The van der Waals surface area contributed by atoms with Gasteiger partial charge in [-0.2, -0.15) is 0 Å². The summed E-state index contributed by atoms with van der Waals surface area (Å²) in [6.07, 6.45) is 5.34. The molecule has 0 aliphatic heterocycles. The van der Waals surface area contributed by atoms with Gasteiger partial charge in [0, 0.05) is 28.8 Å². The fourth-order valence-corrected chi connectivity index (χ4v) is 2.00. The maximum atomic E-state index is 5.90. The van der Waals surface area contributed by atoms with Crippen molar-refractivity contribution in [2.45, 2.75) is 6.92 Å². The van der Waals surface area contributed by atoms with Crippen LogP contribution >= 0.6 is 11.6 Å². The first-order valence-corrected chi connectivity index (χ1v) is 5.93. The number of benzene rings is 1. The number of halogens is 1. The molecule has 1 aromatic carbocycles. The highest BCUT2D eigenvalue weighted by molar-refractivity contribution is 6.30. The molecule has 3 rings (SSSR count). The summed E-state index contributed by atoms with van der Waals surface area (Å²) in [6.45, 7) is 1.98. The van der Waals surface area contributed by atoms with Crippen LogP contribution in [0.5, 0.6) is 0 Å². The van der Waals surface area contributed by atoms with Crippen molar-refractivity contribution in [1.29, 1.82) is 0 Å². The number of H-pyrrole nitrogens is 1. The first-order chi connectivity index (χ1) is 8.75. The van der Waals surface area contributed by atoms with Crippen LogP contribution in [-0.2, 0) is 0 Å². The predicted octanol–water partition coefficient (Wildman–Crippen LogP) is 3.22. The molecule has 0 spiro atoms. The molecule has 0 aliphatic rings. The van der Waals surface area contributed by atoms with E-state index in [9.17, 15) is 0 Å². The minimum atomic E-state index is 0.719. The van der Waals surface area contributed by atoms with E-state index in [-0.39, 0.29) is 0 Å². The minimum absolute atomic E-state index is 0.719. The van der Waals surface area contributed by atoms with Crippen molar-refractivity contribution in [1.82, 2.24) is 19.5 Å². The van der Waals surface area contributed by atoms with Gasteiger partial charge in [0.05, 0.1) is 6.33 Å². The summed E-state index contributed by atoms with van der Waals surface area (Å²) in [5, 5.41) is 0.719. The lowest BCUT2D eigenvalue weighted by Crippen LogP contribution is -1.97. The highest BCUT2D eigenvalue weighted by Crippen LogP contribution is 2.22. The van der Waals surface area contributed by atoms with Crippen LogP contribution in [0.4, 0.5) is 0 Å². The lowest BCUT2D eigenvalue weighted by Gasteiger charge is -2.06. The van der Waals surface area contributed by atoms with Crippen molar-refractivity contribution in [2.75, 3.05) is 0 Å². The number of aromatic nitrogens is 4. The standard InChI is InChI=1S/C13H11ClN4/c1-9-12(17-8-16-9)13-15-6-7-18(13)11-4-2-10(14)3-5-11/h2-8H,1H3,(H,16,17). The number of hydrogen-bond acceptors (Lipinski definition) is 2. The van der Waals surface area contributed by atoms with E-state index < -0.39 is 0 Å². The van der Waals surface area contributed by atoms with Crippen molar-refractivity contribution in [3.05, 3.63) is 53.7 Å². The Balaban J connectivity index is 2.12. The van der Waals surface area contributed by atoms with Gasteiger partial charge in [-0.25, -0.2) is 9.97 Å². The predicted molar refractivity (Wildman–Crippen MR) is 70.9 cm³/mol. The van der Waals surface area contributed by atoms with E-state index in [1.165, 1.54) is 0 Å². The van der Waals surface area contributed by atoms with E-state index in [4.69, 9.17) is 11.6 Å². The molecule has 0 saturated heterocycles. The zero-order chi connectivity index (χ0) is 12.5. The summed E-state index contributed by atoms with van der Waals surface area (Å²) < 4.78 is 1.99. The molecule has 0 aliphatic carbocycles. The van der Waals surface area contributed by atoms with E-state index in [0.29, 0.717) is 0 Å². The Labute approximate surface area is 109 Å². The Morgan fingerprint density at radius 3 is 2.61 bits per heavy atom. The SMILES string of the molecule is Cc1[nH]cnc1-c1nccn1-c1ccc(Cl)cc1. The molecule has 4 nitrogen and oxygen atoms in total.